The Labute approximate surface area is 81.1 Å². The maximum atomic E-state index is 12.3. The van der Waals surface area contributed by atoms with E-state index in [2.05, 4.69) is 10.1 Å². The number of halogens is 4. The Hall–Kier alpha value is -1.30. The number of alkyl halides is 3. The van der Waals surface area contributed by atoms with E-state index < -0.39 is 11.9 Å². The Kier molecular flexibility index (Phi) is 1.88. The van der Waals surface area contributed by atoms with Crippen molar-refractivity contribution in [2.75, 3.05) is 0 Å². The van der Waals surface area contributed by atoms with E-state index in [0.29, 0.717) is 0 Å². The summed E-state index contributed by atoms with van der Waals surface area (Å²) in [5, 5.41) is 3.58. The molecule has 0 unspecified atom stereocenters. The number of aromatic nitrogens is 3. The van der Waals surface area contributed by atoms with E-state index in [1.807, 2.05) is 0 Å². The van der Waals surface area contributed by atoms with Crippen LogP contribution in [0.3, 0.4) is 0 Å². The standard InChI is InChI=1S/C7H3ClF3N3/c8-5-3-4(7(9,10)11)13-6-1-2-12-14(5)6/h1-3H. The minimum absolute atomic E-state index is 0.0739. The molecule has 0 amide bonds. The molecule has 0 N–H and O–H groups in total. The van der Waals surface area contributed by atoms with E-state index in [0.717, 1.165) is 10.6 Å². The lowest BCUT2D eigenvalue weighted by molar-refractivity contribution is -0.141. The van der Waals surface area contributed by atoms with Crippen molar-refractivity contribution in [3.05, 3.63) is 29.2 Å². The highest BCUT2D eigenvalue weighted by Gasteiger charge is 2.33. The van der Waals surface area contributed by atoms with Gasteiger partial charge >= 0.3 is 6.18 Å². The van der Waals surface area contributed by atoms with Crippen molar-refractivity contribution in [2.45, 2.75) is 6.18 Å². The van der Waals surface area contributed by atoms with Crippen LogP contribution in [0.15, 0.2) is 18.3 Å². The summed E-state index contributed by atoms with van der Waals surface area (Å²) in [5.74, 6) is 0. The molecule has 0 aromatic carbocycles. The third kappa shape index (κ3) is 1.41. The van der Waals surface area contributed by atoms with Gasteiger partial charge in [0.25, 0.3) is 0 Å². The van der Waals surface area contributed by atoms with E-state index in [-0.39, 0.29) is 10.8 Å². The number of rotatable bonds is 0. The Morgan fingerprint density at radius 1 is 1.36 bits per heavy atom. The molecule has 14 heavy (non-hydrogen) atoms. The van der Waals surface area contributed by atoms with Crippen molar-refractivity contribution < 1.29 is 13.2 Å². The number of hydrogen-bond donors (Lipinski definition) is 0. The molecule has 0 atom stereocenters. The molecule has 0 radical (unpaired) electrons. The molecule has 2 aromatic heterocycles. The van der Waals surface area contributed by atoms with Crippen LogP contribution in [0, 0.1) is 0 Å². The molecule has 0 aliphatic heterocycles. The minimum Gasteiger partial charge on any atom is -0.224 e. The van der Waals surface area contributed by atoms with Crippen LogP contribution in [0.4, 0.5) is 13.2 Å². The van der Waals surface area contributed by atoms with E-state index in [1.54, 1.807) is 0 Å². The molecule has 2 rings (SSSR count). The SMILES string of the molecule is FC(F)(F)c1cc(Cl)n2nccc2n1. The zero-order valence-corrected chi connectivity index (χ0v) is 7.34. The van der Waals surface area contributed by atoms with Crippen molar-refractivity contribution in [1.29, 1.82) is 0 Å². The zero-order chi connectivity index (χ0) is 10.3. The monoisotopic (exact) mass is 221 g/mol. The van der Waals surface area contributed by atoms with Crippen LogP contribution >= 0.6 is 11.6 Å². The van der Waals surface area contributed by atoms with Gasteiger partial charge in [0.1, 0.15) is 10.8 Å². The largest absolute Gasteiger partial charge is 0.433 e. The fourth-order valence-corrected chi connectivity index (χ4v) is 1.25. The molecule has 2 aromatic rings. The second-order valence-electron chi connectivity index (χ2n) is 2.56. The maximum absolute atomic E-state index is 12.3. The Morgan fingerprint density at radius 2 is 2.07 bits per heavy atom. The molecular formula is C7H3ClF3N3. The second kappa shape index (κ2) is 2.84. The van der Waals surface area contributed by atoms with Crippen LogP contribution in [0.1, 0.15) is 5.69 Å². The second-order valence-corrected chi connectivity index (χ2v) is 2.95. The van der Waals surface area contributed by atoms with Gasteiger partial charge < -0.3 is 0 Å². The number of nitrogens with zero attached hydrogens (tertiary/aromatic N) is 3. The van der Waals surface area contributed by atoms with Crippen molar-refractivity contribution >= 4 is 17.2 Å². The van der Waals surface area contributed by atoms with Gasteiger partial charge in [0.15, 0.2) is 5.65 Å². The molecule has 0 fully saturated rings. The summed E-state index contributed by atoms with van der Waals surface area (Å²) in [5.41, 5.74) is -0.944. The average Bonchev–Trinajstić information content (AvgIpc) is 2.50. The van der Waals surface area contributed by atoms with Crippen molar-refractivity contribution in [3.63, 3.8) is 0 Å². The normalized spacial score (nSPS) is 12.3. The van der Waals surface area contributed by atoms with Crippen LogP contribution in [0.5, 0.6) is 0 Å². The first-order valence-electron chi connectivity index (χ1n) is 3.56. The molecule has 0 saturated heterocycles. The first-order valence-corrected chi connectivity index (χ1v) is 3.94. The molecule has 2 heterocycles. The molecule has 0 saturated carbocycles. The van der Waals surface area contributed by atoms with E-state index in [9.17, 15) is 13.2 Å². The first kappa shape index (κ1) is 9.26. The molecular weight excluding hydrogens is 219 g/mol. The smallest absolute Gasteiger partial charge is 0.224 e. The third-order valence-electron chi connectivity index (χ3n) is 1.61. The summed E-state index contributed by atoms with van der Waals surface area (Å²) >= 11 is 5.57. The number of fused-ring (bicyclic) bond motifs is 1. The quantitative estimate of drug-likeness (QED) is 0.640. The van der Waals surface area contributed by atoms with Gasteiger partial charge in [-0.15, -0.1) is 0 Å². The van der Waals surface area contributed by atoms with Crippen LogP contribution < -0.4 is 0 Å². The summed E-state index contributed by atoms with van der Waals surface area (Å²) in [4.78, 5) is 3.36. The summed E-state index contributed by atoms with van der Waals surface area (Å²) in [6, 6.07) is 2.09. The minimum atomic E-state index is -4.49. The molecule has 3 nitrogen and oxygen atoms in total. The third-order valence-corrected chi connectivity index (χ3v) is 1.88. The van der Waals surface area contributed by atoms with Crippen LogP contribution in [-0.4, -0.2) is 14.6 Å². The molecule has 0 aliphatic rings. The highest BCUT2D eigenvalue weighted by atomic mass is 35.5. The summed E-state index contributed by atoms with van der Waals surface area (Å²) in [6.45, 7) is 0. The molecule has 0 spiro atoms. The Morgan fingerprint density at radius 3 is 2.71 bits per heavy atom. The van der Waals surface area contributed by atoms with Gasteiger partial charge in [0, 0.05) is 12.1 Å². The van der Waals surface area contributed by atoms with Crippen LogP contribution in [0.2, 0.25) is 5.15 Å². The van der Waals surface area contributed by atoms with Gasteiger partial charge in [-0.2, -0.15) is 18.3 Å². The summed E-state index contributed by atoms with van der Waals surface area (Å²) < 4.78 is 37.9. The Balaban J connectivity index is 2.70. The van der Waals surface area contributed by atoms with Gasteiger partial charge in [0.05, 0.1) is 6.20 Å². The first-order chi connectivity index (χ1) is 6.48. The van der Waals surface area contributed by atoms with Crippen molar-refractivity contribution in [2.24, 2.45) is 0 Å². The van der Waals surface area contributed by atoms with Crippen molar-refractivity contribution in [1.82, 2.24) is 14.6 Å². The Bertz CT molecular complexity index is 476. The van der Waals surface area contributed by atoms with Crippen LogP contribution in [0.25, 0.3) is 5.65 Å². The average molecular weight is 222 g/mol. The van der Waals surface area contributed by atoms with Gasteiger partial charge in [-0.3, -0.25) is 0 Å². The predicted molar refractivity (Wildman–Crippen MR) is 43.0 cm³/mol. The zero-order valence-electron chi connectivity index (χ0n) is 6.59. The molecule has 0 aliphatic carbocycles. The van der Waals surface area contributed by atoms with Crippen LogP contribution in [-0.2, 0) is 6.18 Å². The van der Waals surface area contributed by atoms with Crippen molar-refractivity contribution in [3.8, 4) is 0 Å². The van der Waals surface area contributed by atoms with E-state index in [4.69, 9.17) is 11.6 Å². The summed E-state index contributed by atoms with van der Waals surface area (Å²) in [7, 11) is 0. The van der Waals surface area contributed by atoms with Gasteiger partial charge in [-0.05, 0) is 0 Å². The molecule has 74 valence electrons. The lowest BCUT2D eigenvalue weighted by atomic mass is 10.4. The fraction of sp³-hybridized carbons (Fsp3) is 0.143. The lowest BCUT2D eigenvalue weighted by Crippen LogP contribution is -2.09. The molecule has 7 heteroatoms. The van der Waals surface area contributed by atoms with Gasteiger partial charge in [-0.25, -0.2) is 9.50 Å². The topological polar surface area (TPSA) is 30.2 Å². The van der Waals surface area contributed by atoms with Gasteiger partial charge in [-0.1, -0.05) is 11.6 Å². The maximum Gasteiger partial charge on any atom is 0.433 e. The van der Waals surface area contributed by atoms with E-state index >= 15 is 0 Å². The number of hydrogen-bond acceptors (Lipinski definition) is 2. The molecule has 0 bridgehead atoms. The summed E-state index contributed by atoms with van der Waals surface area (Å²) in [6.07, 6.45) is -3.16. The highest BCUT2D eigenvalue weighted by Crippen LogP contribution is 2.29. The predicted octanol–water partition coefficient (Wildman–Crippen LogP) is 2.40. The lowest BCUT2D eigenvalue weighted by Gasteiger charge is -2.06. The van der Waals surface area contributed by atoms with E-state index in [1.165, 1.54) is 12.3 Å². The fourth-order valence-electron chi connectivity index (χ4n) is 1.02. The highest BCUT2D eigenvalue weighted by molar-refractivity contribution is 6.29. The van der Waals surface area contributed by atoms with Gasteiger partial charge in [0.2, 0.25) is 0 Å².